The fourth-order valence-corrected chi connectivity index (χ4v) is 3.13. The zero-order valence-electron chi connectivity index (χ0n) is 10.8. The normalized spacial score (nSPS) is 14.0. The van der Waals surface area contributed by atoms with Crippen LogP contribution in [0, 0.1) is 11.3 Å². The van der Waals surface area contributed by atoms with E-state index in [4.69, 9.17) is 21.6 Å². The smallest absolute Gasteiger partial charge is 0.137 e. The highest BCUT2D eigenvalue weighted by Gasteiger charge is 2.29. The highest BCUT2D eigenvalue weighted by atomic mass is 35.5. The standard InChI is InChI=1S/C15H13ClN2OS/c16-11-3-1-2-4-12(11)19-8-7-14-18-15(10-5-6-10)13(9-17)20-14/h1-4,10H,5-8H2. The molecule has 20 heavy (non-hydrogen) atoms. The van der Waals surface area contributed by atoms with Gasteiger partial charge in [0, 0.05) is 12.3 Å². The lowest BCUT2D eigenvalue weighted by atomic mass is 10.2. The quantitative estimate of drug-likeness (QED) is 0.833. The van der Waals surface area contributed by atoms with Gasteiger partial charge in [0.2, 0.25) is 0 Å². The van der Waals surface area contributed by atoms with Crippen molar-refractivity contribution in [2.75, 3.05) is 6.61 Å². The summed E-state index contributed by atoms with van der Waals surface area (Å²) < 4.78 is 5.65. The Labute approximate surface area is 126 Å². The highest BCUT2D eigenvalue weighted by molar-refractivity contribution is 7.12. The minimum absolute atomic E-state index is 0.513. The van der Waals surface area contributed by atoms with E-state index >= 15 is 0 Å². The first-order valence-corrected chi connectivity index (χ1v) is 7.74. The van der Waals surface area contributed by atoms with E-state index in [-0.39, 0.29) is 0 Å². The van der Waals surface area contributed by atoms with Gasteiger partial charge < -0.3 is 4.74 Å². The van der Waals surface area contributed by atoms with Crippen molar-refractivity contribution in [3.8, 4) is 11.8 Å². The zero-order valence-corrected chi connectivity index (χ0v) is 12.4. The maximum atomic E-state index is 9.12. The van der Waals surface area contributed by atoms with E-state index in [1.165, 1.54) is 11.3 Å². The molecule has 2 aromatic rings. The minimum Gasteiger partial charge on any atom is -0.492 e. The number of rotatable bonds is 5. The molecule has 3 rings (SSSR count). The van der Waals surface area contributed by atoms with Crippen LogP contribution in [0.15, 0.2) is 24.3 Å². The van der Waals surface area contributed by atoms with Crippen molar-refractivity contribution in [3.05, 3.63) is 44.9 Å². The van der Waals surface area contributed by atoms with Gasteiger partial charge in [-0.2, -0.15) is 5.26 Å². The van der Waals surface area contributed by atoms with Gasteiger partial charge in [0.25, 0.3) is 0 Å². The Hall–Kier alpha value is -1.57. The molecule has 0 aliphatic heterocycles. The molecule has 1 aliphatic carbocycles. The molecule has 1 fully saturated rings. The van der Waals surface area contributed by atoms with Crippen LogP contribution in [0.2, 0.25) is 5.02 Å². The molecule has 102 valence electrons. The zero-order chi connectivity index (χ0) is 13.9. The van der Waals surface area contributed by atoms with Crippen LogP contribution in [-0.2, 0) is 6.42 Å². The van der Waals surface area contributed by atoms with E-state index in [0.717, 1.165) is 28.4 Å². The number of nitrogens with zero attached hydrogens (tertiary/aromatic N) is 2. The Morgan fingerprint density at radius 3 is 2.90 bits per heavy atom. The molecular formula is C15H13ClN2OS. The third-order valence-corrected chi connectivity index (χ3v) is 4.52. The summed E-state index contributed by atoms with van der Waals surface area (Å²) in [7, 11) is 0. The second-order valence-electron chi connectivity index (χ2n) is 4.74. The summed E-state index contributed by atoms with van der Waals surface area (Å²) in [5, 5.41) is 10.7. The molecule has 1 heterocycles. The number of ether oxygens (including phenoxy) is 1. The predicted molar refractivity (Wildman–Crippen MR) is 79.5 cm³/mol. The summed E-state index contributed by atoms with van der Waals surface area (Å²) in [5.41, 5.74) is 0.991. The van der Waals surface area contributed by atoms with Crippen molar-refractivity contribution in [2.45, 2.75) is 25.2 Å². The third-order valence-electron chi connectivity index (χ3n) is 3.17. The van der Waals surface area contributed by atoms with E-state index in [2.05, 4.69) is 11.1 Å². The first kappa shape index (κ1) is 13.4. The van der Waals surface area contributed by atoms with E-state index in [0.29, 0.717) is 29.7 Å². The Bertz CT molecular complexity index is 658. The first-order chi connectivity index (χ1) is 9.78. The second-order valence-corrected chi connectivity index (χ2v) is 6.23. The molecule has 0 N–H and O–H groups in total. The van der Waals surface area contributed by atoms with Crippen LogP contribution in [-0.4, -0.2) is 11.6 Å². The Kier molecular flexibility index (Phi) is 3.90. The lowest BCUT2D eigenvalue weighted by Crippen LogP contribution is -2.01. The number of halogens is 1. The number of thiazole rings is 1. The van der Waals surface area contributed by atoms with Gasteiger partial charge in [-0.3, -0.25) is 0 Å². The van der Waals surface area contributed by atoms with Gasteiger partial charge in [-0.15, -0.1) is 11.3 Å². The number of hydrogen-bond acceptors (Lipinski definition) is 4. The molecule has 3 nitrogen and oxygen atoms in total. The fraction of sp³-hybridized carbons (Fsp3) is 0.333. The van der Waals surface area contributed by atoms with Crippen molar-refractivity contribution in [1.29, 1.82) is 5.26 Å². The lowest BCUT2D eigenvalue weighted by molar-refractivity contribution is 0.322. The number of benzene rings is 1. The van der Waals surface area contributed by atoms with Gasteiger partial charge in [-0.25, -0.2) is 4.98 Å². The second kappa shape index (κ2) is 5.82. The van der Waals surface area contributed by atoms with Crippen molar-refractivity contribution < 1.29 is 4.74 Å². The number of para-hydroxylation sites is 1. The summed E-state index contributed by atoms with van der Waals surface area (Å²) in [6.07, 6.45) is 3.03. The Balaban J connectivity index is 1.62. The summed E-state index contributed by atoms with van der Waals surface area (Å²) in [6.45, 7) is 0.520. The van der Waals surface area contributed by atoms with E-state index in [9.17, 15) is 0 Å². The van der Waals surface area contributed by atoms with Crippen molar-refractivity contribution in [3.63, 3.8) is 0 Å². The van der Waals surface area contributed by atoms with Gasteiger partial charge >= 0.3 is 0 Å². The number of aromatic nitrogens is 1. The molecule has 1 aromatic carbocycles. The van der Waals surface area contributed by atoms with Gasteiger partial charge in [-0.1, -0.05) is 23.7 Å². The highest BCUT2D eigenvalue weighted by Crippen LogP contribution is 2.42. The van der Waals surface area contributed by atoms with E-state index < -0.39 is 0 Å². The SMILES string of the molecule is N#Cc1sc(CCOc2ccccc2Cl)nc1C1CC1. The van der Waals surface area contributed by atoms with Crippen LogP contribution in [0.1, 0.15) is 34.3 Å². The molecule has 0 saturated heterocycles. The number of hydrogen-bond donors (Lipinski definition) is 0. The average Bonchev–Trinajstić information content (AvgIpc) is 3.22. The monoisotopic (exact) mass is 304 g/mol. The van der Waals surface area contributed by atoms with Crippen molar-refractivity contribution in [1.82, 2.24) is 4.98 Å². The van der Waals surface area contributed by atoms with Crippen LogP contribution >= 0.6 is 22.9 Å². The lowest BCUT2D eigenvalue weighted by Gasteiger charge is -2.06. The predicted octanol–water partition coefficient (Wildman–Crippen LogP) is 4.17. The number of nitriles is 1. The largest absolute Gasteiger partial charge is 0.492 e. The molecule has 0 atom stereocenters. The Morgan fingerprint density at radius 2 is 2.20 bits per heavy atom. The molecule has 1 aromatic heterocycles. The van der Waals surface area contributed by atoms with Crippen molar-refractivity contribution in [2.24, 2.45) is 0 Å². The van der Waals surface area contributed by atoms with Crippen LogP contribution < -0.4 is 4.74 Å². The minimum atomic E-state index is 0.513. The van der Waals surface area contributed by atoms with Gasteiger partial charge in [-0.05, 0) is 25.0 Å². The third kappa shape index (κ3) is 2.95. The summed E-state index contributed by atoms with van der Waals surface area (Å²) in [5.74, 6) is 1.20. The molecule has 0 bridgehead atoms. The average molecular weight is 305 g/mol. The fourth-order valence-electron chi connectivity index (χ4n) is 2.01. The van der Waals surface area contributed by atoms with Crippen LogP contribution in [0.25, 0.3) is 0 Å². The molecule has 5 heteroatoms. The van der Waals surface area contributed by atoms with Gasteiger partial charge in [0.15, 0.2) is 0 Å². The summed E-state index contributed by atoms with van der Waals surface area (Å²) >= 11 is 7.51. The van der Waals surface area contributed by atoms with Crippen molar-refractivity contribution >= 4 is 22.9 Å². The molecule has 1 aliphatic rings. The molecule has 0 unspecified atom stereocenters. The topological polar surface area (TPSA) is 45.9 Å². The Morgan fingerprint density at radius 1 is 1.40 bits per heavy atom. The molecule has 0 spiro atoms. The maximum Gasteiger partial charge on any atom is 0.137 e. The van der Waals surface area contributed by atoms with Gasteiger partial charge in [0.05, 0.1) is 22.3 Å². The first-order valence-electron chi connectivity index (χ1n) is 6.55. The maximum absolute atomic E-state index is 9.12. The summed E-state index contributed by atoms with van der Waals surface area (Å²) in [4.78, 5) is 5.34. The van der Waals surface area contributed by atoms with Crippen LogP contribution in [0.3, 0.4) is 0 Å². The van der Waals surface area contributed by atoms with E-state index in [1.807, 2.05) is 18.2 Å². The molecular weight excluding hydrogens is 292 g/mol. The molecule has 0 radical (unpaired) electrons. The van der Waals surface area contributed by atoms with Crippen LogP contribution in [0.5, 0.6) is 5.75 Å². The molecule has 0 amide bonds. The summed E-state index contributed by atoms with van der Waals surface area (Å²) in [6, 6.07) is 9.67. The van der Waals surface area contributed by atoms with Crippen LogP contribution in [0.4, 0.5) is 0 Å². The van der Waals surface area contributed by atoms with E-state index in [1.54, 1.807) is 6.07 Å². The molecule has 1 saturated carbocycles. The van der Waals surface area contributed by atoms with Gasteiger partial charge in [0.1, 0.15) is 16.7 Å².